The summed E-state index contributed by atoms with van der Waals surface area (Å²) in [7, 11) is 0. The SMILES string of the molecule is CC1=C(C(=O)O)[C@@H](c2ccccc2OC(F)F)C(C(=O)OCOC(=O)C(C)(C)C)=C(C)N1. The molecule has 1 aliphatic heterocycles. The molecule has 174 valence electrons. The number of carboxylic acid groups (broad SMARTS) is 1. The van der Waals surface area contributed by atoms with Crippen molar-refractivity contribution in [2.24, 2.45) is 5.41 Å². The van der Waals surface area contributed by atoms with Gasteiger partial charge in [0, 0.05) is 17.0 Å². The van der Waals surface area contributed by atoms with Crippen molar-refractivity contribution in [3.8, 4) is 5.75 Å². The molecule has 1 aliphatic rings. The third kappa shape index (κ3) is 5.63. The summed E-state index contributed by atoms with van der Waals surface area (Å²) >= 11 is 0. The Hall–Kier alpha value is -3.43. The van der Waals surface area contributed by atoms with Gasteiger partial charge < -0.3 is 24.6 Å². The Labute approximate surface area is 183 Å². The van der Waals surface area contributed by atoms with Crippen molar-refractivity contribution < 1.29 is 42.5 Å². The molecule has 32 heavy (non-hydrogen) atoms. The minimum Gasteiger partial charge on any atom is -0.478 e. The van der Waals surface area contributed by atoms with E-state index in [2.05, 4.69) is 10.1 Å². The van der Waals surface area contributed by atoms with Crippen molar-refractivity contribution >= 4 is 17.9 Å². The van der Waals surface area contributed by atoms with Gasteiger partial charge in [-0.05, 0) is 40.7 Å². The number of rotatable bonds is 7. The molecule has 2 N–H and O–H groups in total. The molecule has 0 saturated carbocycles. The van der Waals surface area contributed by atoms with Gasteiger partial charge in [-0.2, -0.15) is 8.78 Å². The number of hydrogen-bond acceptors (Lipinski definition) is 7. The van der Waals surface area contributed by atoms with Crippen molar-refractivity contribution in [2.75, 3.05) is 6.79 Å². The summed E-state index contributed by atoms with van der Waals surface area (Å²) in [5.74, 6) is -4.48. The number of dihydropyridines is 1. The van der Waals surface area contributed by atoms with Gasteiger partial charge in [0.2, 0.25) is 6.79 Å². The van der Waals surface area contributed by atoms with Gasteiger partial charge in [-0.15, -0.1) is 0 Å². The molecule has 0 saturated heterocycles. The summed E-state index contributed by atoms with van der Waals surface area (Å²) in [6.45, 7) is 4.02. The van der Waals surface area contributed by atoms with Gasteiger partial charge in [0.15, 0.2) is 0 Å². The minimum absolute atomic E-state index is 0.0454. The molecule has 0 aliphatic carbocycles. The van der Waals surface area contributed by atoms with Crippen molar-refractivity contribution in [3.05, 3.63) is 52.4 Å². The first-order valence-electron chi connectivity index (χ1n) is 9.64. The Morgan fingerprint density at radius 2 is 1.66 bits per heavy atom. The molecular weight excluding hydrogens is 428 g/mol. The minimum atomic E-state index is -3.16. The number of nitrogens with one attached hydrogen (secondary N) is 1. The number of carbonyl (C=O) groups is 3. The average Bonchev–Trinajstić information content (AvgIpc) is 2.66. The molecular formula is C22H25F2NO7. The van der Waals surface area contributed by atoms with Gasteiger partial charge in [0.05, 0.1) is 22.5 Å². The molecule has 0 bridgehead atoms. The fourth-order valence-electron chi connectivity index (χ4n) is 3.21. The highest BCUT2D eigenvalue weighted by Crippen LogP contribution is 2.42. The van der Waals surface area contributed by atoms with Crippen LogP contribution in [0.2, 0.25) is 0 Å². The summed E-state index contributed by atoms with van der Waals surface area (Å²) in [4.78, 5) is 36.8. The first-order valence-corrected chi connectivity index (χ1v) is 9.64. The zero-order chi connectivity index (χ0) is 24.2. The number of esters is 2. The summed E-state index contributed by atoms with van der Waals surface area (Å²) in [5, 5.41) is 12.6. The topological polar surface area (TPSA) is 111 Å². The third-order valence-corrected chi connectivity index (χ3v) is 4.65. The molecule has 1 atom stereocenters. The van der Waals surface area contributed by atoms with Crippen LogP contribution in [0.5, 0.6) is 5.75 Å². The van der Waals surface area contributed by atoms with Crippen molar-refractivity contribution in [2.45, 2.75) is 47.1 Å². The molecule has 0 spiro atoms. The van der Waals surface area contributed by atoms with E-state index in [1.807, 2.05) is 0 Å². The van der Waals surface area contributed by atoms with Crippen LogP contribution < -0.4 is 10.1 Å². The van der Waals surface area contributed by atoms with Crippen LogP contribution >= 0.6 is 0 Å². The van der Waals surface area contributed by atoms with Gasteiger partial charge in [0.25, 0.3) is 0 Å². The molecule has 2 rings (SSSR count). The molecule has 1 aromatic rings. The molecule has 10 heteroatoms. The molecule has 0 aromatic heterocycles. The lowest BCUT2D eigenvalue weighted by Crippen LogP contribution is -2.32. The summed E-state index contributed by atoms with van der Waals surface area (Å²) in [5.41, 5.74) is -0.661. The van der Waals surface area contributed by atoms with E-state index in [0.717, 1.165) is 0 Å². The average molecular weight is 453 g/mol. The van der Waals surface area contributed by atoms with E-state index in [9.17, 15) is 28.3 Å². The number of aliphatic carboxylic acids is 1. The predicted octanol–water partition coefficient (Wildman–Crippen LogP) is 3.70. The van der Waals surface area contributed by atoms with E-state index in [-0.39, 0.29) is 33.9 Å². The number of benzene rings is 1. The number of carboxylic acids is 1. The normalized spacial score (nSPS) is 16.6. The molecule has 8 nitrogen and oxygen atoms in total. The van der Waals surface area contributed by atoms with E-state index < -0.39 is 42.6 Å². The number of para-hydroxylation sites is 1. The number of halogens is 2. The number of ether oxygens (including phenoxy) is 3. The Balaban J connectivity index is 2.46. The number of carbonyl (C=O) groups excluding carboxylic acids is 2. The maximum Gasteiger partial charge on any atom is 0.387 e. The second-order valence-electron chi connectivity index (χ2n) is 8.09. The van der Waals surface area contributed by atoms with Gasteiger partial charge in [0.1, 0.15) is 5.75 Å². The van der Waals surface area contributed by atoms with Crippen LogP contribution in [0.25, 0.3) is 0 Å². The maximum atomic E-state index is 13.0. The number of alkyl halides is 2. The van der Waals surface area contributed by atoms with Gasteiger partial charge in [-0.1, -0.05) is 18.2 Å². The quantitative estimate of drug-likeness (QED) is 0.475. The van der Waals surface area contributed by atoms with E-state index in [1.165, 1.54) is 38.1 Å². The number of hydrogen-bond donors (Lipinski definition) is 2. The molecule has 1 heterocycles. The monoisotopic (exact) mass is 453 g/mol. The Bertz CT molecular complexity index is 977. The highest BCUT2D eigenvalue weighted by molar-refractivity contribution is 5.99. The molecule has 1 aromatic carbocycles. The molecule has 0 unspecified atom stereocenters. The van der Waals surface area contributed by atoms with Crippen LogP contribution in [-0.2, 0) is 23.9 Å². The van der Waals surface area contributed by atoms with Crippen LogP contribution in [0.3, 0.4) is 0 Å². The fourth-order valence-corrected chi connectivity index (χ4v) is 3.21. The van der Waals surface area contributed by atoms with E-state index in [4.69, 9.17) is 9.47 Å². The van der Waals surface area contributed by atoms with E-state index in [1.54, 1.807) is 20.8 Å². The summed E-state index contributed by atoms with van der Waals surface area (Å²) in [6.07, 6.45) is 0. The first kappa shape index (κ1) is 24.8. The van der Waals surface area contributed by atoms with E-state index >= 15 is 0 Å². The molecule has 0 radical (unpaired) electrons. The molecule has 0 amide bonds. The van der Waals surface area contributed by atoms with Gasteiger partial charge in [-0.3, -0.25) is 4.79 Å². The van der Waals surface area contributed by atoms with Crippen LogP contribution in [0.4, 0.5) is 8.78 Å². The standard InChI is InChI=1S/C22H25F2NO7/c1-11-15(18(26)27)17(13-8-6-7-9-14(13)32-21(23)24)16(12(2)25-11)19(28)30-10-31-20(29)22(3,4)5/h6-9,17,21,25H,10H2,1-5H3,(H,26,27)/t17-/m1/s1. The van der Waals surface area contributed by atoms with Crippen LogP contribution in [0.15, 0.2) is 46.8 Å². The van der Waals surface area contributed by atoms with Crippen molar-refractivity contribution in [1.82, 2.24) is 5.32 Å². The lowest BCUT2D eigenvalue weighted by atomic mass is 9.80. The number of allylic oxidation sites excluding steroid dienone is 2. The van der Waals surface area contributed by atoms with Gasteiger partial charge >= 0.3 is 24.5 Å². The highest BCUT2D eigenvalue weighted by Gasteiger charge is 2.39. The Kier molecular flexibility index (Phi) is 7.60. The molecule has 0 fully saturated rings. The zero-order valence-corrected chi connectivity index (χ0v) is 18.3. The van der Waals surface area contributed by atoms with Gasteiger partial charge in [-0.25, -0.2) is 9.59 Å². The second-order valence-corrected chi connectivity index (χ2v) is 8.09. The Morgan fingerprint density at radius 1 is 1.06 bits per heavy atom. The largest absolute Gasteiger partial charge is 0.478 e. The van der Waals surface area contributed by atoms with Crippen molar-refractivity contribution in [1.29, 1.82) is 0 Å². The third-order valence-electron chi connectivity index (χ3n) is 4.65. The first-order chi connectivity index (χ1) is 14.8. The second kappa shape index (κ2) is 9.80. The van der Waals surface area contributed by atoms with Crippen LogP contribution in [0.1, 0.15) is 46.1 Å². The Morgan fingerprint density at radius 3 is 2.22 bits per heavy atom. The zero-order valence-electron chi connectivity index (χ0n) is 18.3. The van der Waals surface area contributed by atoms with E-state index in [0.29, 0.717) is 0 Å². The summed E-state index contributed by atoms with van der Waals surface area (Å²) < 4.78 is 40.5. The maximum absolute atomic E-state index is 13.0. The lowest BCUT2D eigenvalue weighted by Gasteiger charge is -2.30. The van der Waals surface area contributed by atoms with Crippen molar-refractivity contribution in [3.63, 3.8) is 0 Å². The smallest absolute Gasteiger partial charge is 0.387 e. The lowest BCUT2D eigenvalue weighted by molar-refractivity contribution is -0.171. The summed E-state index contributed by atoms with van der Waals surface area (Å²) in [6, 6.07) is 5.60. The predicted molar refractivity (Wildman–Crippen MR) is 108 cm³/mol. The fraction of sp³-hybridized carbons (Fsp3) is 0.409. The van der Waals surface area contributed by atoms with Crippen LogP contribution in [0, 0.1) is 5.41 Å². The van der Waals surface area contributed by atoms with Crippen LogP contribution in [-0.4, -0.2) is 36.4 Å². The highest BCUT2D eigenvalue weighted by atomic mass is 19.3.